The number of ether oxygens (including phenoxy) is 1. The van der Waals surface area contributed by atoms with Crippen LogP contribution in [0.2, 0.25) is 0 Å². The van der Waals surface area contributed by atoms with Crippen molar-refractivity contribution in [3.8, 4) is 5.75 Å². The summed E-state index contributed by atoms with van der Waals surface area (Å²) in [6, 6.07) is 9.27. The summed E-state index contributed by atoms with van der Waals surface area (Å²) in [7, 11) is 0. The lowest BCUT2D eigenvalue weighted by atomic mass is 10.3. The fourth-order valence-corrected chi connectivity index (χ4v) is 0.969. The first-order chi connectivity index (χ1) is 6.79. The Balaban J connectivity index is 2.05. The minimum atomic E-state index is -2.30. The lowest BCUT2D eigenvalue weighted by molar-refractivity contribution is 0.144. The highest BCUT2D eigenvalue weighted by Gasteiger charge is 1.99. The number of rotatable bonds is 6. The number of alkyl halides is 2. The quantitative estimate of drug-likeness (QED) is 0.710. The largest absolute Gasteiger partial charge is 0.492 e. The van der Waals surface area contributed by atoms with Crippen LogP contribution in [0.3, 0.4) is 0 Å². The van der Waals surface area contributed by atoms with E-state index in [1.807, 2.05) is 30.3 Å². The molecule has 0 saturated heterocycles. The third kappa shape index (κ3) is 4.77. The Morgan fingerprint density at radius 2 is 1.93 bits per heavy atom. The second kappa shape index (κ2) is 6.32. The SMILES string of the molecule is FC(F)CNCCOc1ccccc1. The van der Waals surface area contributed by atoms with Gasteiger partial charge in [0.15, 0.2) is 0 Å². The Hall–Kier alpha value is -1.16. The molecule has 0 aliphatic rings. The maximum Gasteiger partial charge on any atom is 0.250 e. The molecule has 0 unspecified atom stereocenters. The normalized spacial score (nSPS) is 10.5. The van der Waals surface area contributed by atoms with Gasteiger partial charge in [-0.1, -0.05) is 18.2 Å². The van der Waals surface area contributed by atoms with Gasteiger partial charge in [0.05, 0.1) is 6.54 Å². The van der Waals surface area contributed by atoms with Gasteiger partial charge in [0.25, 0.3) is 6.43 Å². The van der Waals surface area contributed by atoms with Crippen molar-refractivity contribution in [2.75, 3.05) is 19.7 Å². The summed E-state index contributed by atoms with van der Waals surface area (Å²) in [5.41, 5.74) is 0. The second-order valence-electron chi connectivity index (χ2n) is 2.76. The maximum absolute atomic E-state index is 11.7. The Bertz CT molecular complexity index is 241. The first-order valence-corrected chi connectivity index (χ1v) is 4.46. The highest BCUT2D eigenvalue weighted by molar-refractivity contribution is 5.20. The summed E-state index contributed by atoms with van der Waals surface area (Å²) in [6.45, 7) is 0.550. The van der Waals surface area contributed by atoms with Crippen LogP contribution in [0, 0.1) is 0 Å². The number of halogens is 2. The van der Waals surface area contributed by atoms with Crippen molar-refractivity contribution in [2.45, 2.75) is 6.43 Å². The molecule has 0 aliphatic carbocycles. The van der Waals surface area contributed by atoms with Crippen LogP contribution >= 0.6 is 0 Å². The van der Waals surface area contributed by atoms with Crippen molar-refractivity contribution in [3.05, 3.63) is 30.3 Å². The number of benzene rings is 1. The smallest absolute Gasteiger partial charge is 0.250 e. The molecule has 0 bridgehead atoms. The average Bonchev–Trinajstić information content (AvgIpc) is 2.18. The monoisotopic (exact) mass is 201 g/mol. The fraction of sp³-hybridized carbons (Fsp3) is 0.400. The molecule has 1 aromatic rings. The summed E-state index contributed by atoms with van der Waals surface area (Å²) < 4.78 is 28.6. The third-order valence-electron chi connectivity index (χ3n) is 1.59. The third-order valence-corrected chi connectivity index (χ3v) is 1.59. The summed E-state index contributed by atoms with van der Waals surface area (Å²) in [5.74, 6) is 0.756. The van der Waals surface area contributed by atoms with Crippen LogP contribution in [0.15, 0.2) is 30.3 Å². The summed E-state index contributed by atoms with van der Waals surface area (Å²) in [4.78, 5) is 0. The Labute approximate surface area is 81.9 Å². The maximum atomic E-state index is 11.7. The minimum absolute atomic E-state index is 0.280. The lowest BCUT2D eigenvalue weighted by Gasteiger charge is -2.06. The van der Waals surface area contributed by atoms with Crippen LogP contribution in [0.1, 0.15) is 0 Å². The molecule has 0 fully saturated rings. The molecule has 14 heavy (non-hydrogen) atoms. The van der Waals surface area contributed by atoms with Crippen LogP contribution in [0.5, 0.6) is 5.75 Å². The summed E-state index contributed by atoms with van der Waals surface area (Å²) in [6.07, 6.45) is -2.30. The van der Waals surface area contributed by atoms with Gasteiger partial charge in [0.1, 0.15) is 12.4 Å². The van der Waals surface area contributed by atoms with Crippen molar-refractivity contribution in [1.82, 2.24) is 5.32 Å². The van der Waals surface area contributed by atoms with Crippen molar-refractivity contribution >= 4 is 0 Å². The molecular formula is C10H13F2NO. The number of hydrogen-bond donors (Lipinski definition) is 1. The van der Waals surface area contributed by atoms with E-state index >= 15 is 0 Å². The van der Waals surface area contributed by atoms with E-state index in [4.69, 9.17) is 4.74 Å². The van der Waals surface area contributed by atoms with Crippen LogP contribution in [-0.4, -0.2) is 26.1 Å². The Morgan fingerprint density at radius 3 is 2.57 bits per heavy atom. The van der Waals surface area contributed by atoms with E-state index in [2.05, 4.69) is 5.32 Å². The molecular weight excluding hydrogens is 188 g/mol. The molecule has 0 saturated carbocycles. The Kier molecular flexibility index (Phi) is 4.93. The first kappa shape index (κ1) is 10.9. The van der Waals surface area contributed by atoms with Crippen LogP contribution in [-0.2, 0) is 0 Å². The summed E-state index contributed by atoms with van der Waals surface area (Å²) >= 11 is 0. The average molecular weight is 201 g/mol. The van der Waals surface area contributed by atoms with Gasteiger partial charge in [-0.3, -0.25) is 0 Å². The van der Waals surface area contributed by atoms with Crippen LogP contribution < -0.4 is 10.1 Å². The minimum Gasteiger partial charge on any atom is -0.492 e. The number of para-hydroxylation sites is 1. The molecule has 0 heterocycles. The molecule has 0 radical (unpaired) electrons. The van der Waals surface area contributed by atoms with E-state index in [1.165, 1.54) is 0 Å². The molecule has 4 heteroatoms. The molecule has 78 valence electrons. The van der Waals surface area contributed by atoms with Crippen molar-refractivity contribution < 1.29 is 13.5 Å². The molecule has 1 rings (SSSR count). The standard InChI is InChI=1S/C10H13F2NO/c11-10(12)8-13-6-7-14-9-4-2-1-3-5-9/h1-5,10,13H,6-8H2. The van der Waals surface area contributed by atoms with Gasteiger partial charge < -0.3 is 10.1 Å². The van der Waals surface area contributed by atoms with E-state index < -0.39 is 6.43 Å². The second-order valence-corrected chi connectivity index (χ2v) is 2.76. The molecule has 0 spiro atoms. The zero-order chi connectivity index (χ0) is 10.2. The lowest BCUT2D eigenvalue weighted by Crippen LogP contribution is -2.26. The fourth-order valence-electron chi connectivity index (χ4n) is 0.969. The molecule has 0 atom stereocenters. The van der Waals surface area contributed by atoms with Crippen molar-refractivity contribution in [3.63, 3.8) is 0 Å². The van der Waals surface area contributed by atoms with Crippen LogP contribution in [0.4, 0.5) is 8.78 Å². The van der Waals surface area contributed by atoms with Crippen molar-refractivity contribution in [1.29, 1.82) is 0 Å². The Morgan fingerprint density at radius 1 is 1.21 bits per heavy atom. The number of nitrogens with one attached hydrogen (secondary N) is 1. The number of hydrogen-bond acceptors (Lipinski definition) is 2. The topological polar surface area (TPSA) is 21.3 Å². The molecule has 2 nitrogen and oxygen atoms in total. The first-order valence-electron chi connectivity index (χ1n) is 4.46. The van der Waals surface area contributed by atoms with Gasteiger partial charge in [-0.05, 0) is 12.1 Å². The highest BCUT2D eigenvalue weighted by atomic mass is 19.3. The van der Waals surface area contributed by atoms with E-state index in [9.17, 15) is 8.78 Å². The summed E-state index contributed by atoms with van der Waals surface area (Å²) in [5, 5.41) is 2.58. The highest BCUT2D eigenvalue weighted by Crippen LogP contribution is 2.07. The molecule has 1 aromatic carbocycles. The van der Waals surface area contributed by atoms with Gasteiger partial charge in [0.2, 0.25) is 0 Å². The van der Waals surface area contributed by atoms with Crippen LogP contribution in [0.25, 0.3) is 0 Å². The van der Waals surface area contributed by atoms with E-state index in [0.717, 1.165) is 5.75 Å². The zero-order valence-electron chi connectivity index (χ0n) is 7.75. The van der Waals surface area contributed by atoms with Gasteiger partial charge >= 0.3 is 0 Å². The van der Waals surface area contributed by atoms with Gasteiger partial charge in [-0.15, -0.1) is 0 Å². The molecule has 0 aromatic heterocycles. The van der Waals surface area contributed by atoms with Crippen molar-refractivity contribution in [2.24, 2.45) is 0 Å². The van der Waals surface area contributed by atoms with E-state index in [-0.39, 0.29) is 6.54 Å². The molecule has 1 N–H and O–H groups in total. The zero-order valence-corrected chi connectivity index (χ0v) is 7.75. The van der Waals surface area contributed by atoms with Gasteiger partial charge in [0, 0.05) is 6.54 Å². The van der Waals surface area contributed by atoms with Gasteiger partial charge in [-0.2, -0.15) is 0 Å². The van der Waals surface area contributed by atoms with Gasteiger partial charge in [-0.25, -0.2) is 8.78 Å². The predicted octanol–water partition coefficient (Wildman–Crippen LogP) is 1.92. The van der Waals surface area contributed by atoms with E-state index in [1.54, 1.807) is 0 Å². The molecule has 0 amide bonds. The predicted molar refractivity (Wildman–Crippen MR) is 50.8 cm³/mol. The van der Waals surface area contributed by atoms with E-state index in [0.29, 0.717) is 13.2 Å². The molecule has 0 aliphatic heterocycles.